The van der Waals surface area contributed by atoms with Crippen molar-refractivity contribution < 1.29 is 4.39 Å². The highest BCUT2D eigenvalue weighted by atomic mass is 35.5. The molecule has 1 aromatic carbocycles. The molecule has 1 saturated heterocycles. The number of hydrogen-bond donors (Lipinski definition) is 1. The van der Waals surface area contributed by atoms with Crippen molar-refractivity contribution in [2.75, 3.05) is 20.1 Å². The summed E-state index contributed by atoms with van der Waals surface area (Å²) in [5.41, 5.74) is 2.28. The second-order valence-corrected chi connectivity index (χ2v) is 4.97. The lowest BCUT2D eigenvalue weighted by atomic mass is 10.0. The lowest BCUT2D eigenvalue weighted by Crippen LogP contribution is -2.40. The third-order valence-electron chi connectivity index (χ3n) is 3.66. The van der Waals surface area contributed by atoms with Crippen LogP contribution in [0.25, 0.3) is 0 Å². The Kier molecular flexibility index (Phi) is 6.06. The summed E-state index contributed by atoms with van der Waals surface area (Å²) in [5.74, 6) is -0.143. The van der Waals surface area contributed by atoms with E-state index < -0.39 is 0 Å². The molecule has 1 N–H and O–H groups in total. The van der Waals surface area contributed by atoms with Crippen molar-refractivity contribution >= 4 is 12.4 Å². The van der Waals surface area contributed by atoms with E-state index in [-0.39, 0.29) is 18.2 Å². The number of piperidine rings is 1. The molecular formula is C14H22ClFN2. The monoisotopic (exact) mass is 272 g/mol. The minimum absolute atomic E-state index is 0. The first-order valence-corrected chi connectivity index (χ1v) is 6.33. The molecule has 1 aliphatic rings. The standard InChI is InChI=1S/C14H21FN2.ClH/c1-11-9-13(15)4-3-12(11)10-17(2)14-5-7-16-8-6-14;/h3-4,9,14,16H,5-8,10H2,1-2H3;1H. The number of hydrogen-bond acceptors (Lipinski definition) is 2. The van der Waals surface area contributed by atoms with Crippen molar-refractivity contribution in [3.05, 3.63) is 35.1 Å². The van der Waals surface area contributed by atoms with Crippen molar-refractivity contribution in [3.63, 3.8) is 0 Å². The number of nitrogens with zero attached hydrogens (tertiary/aromatic N) is 1. The van der Waals surface area contributed by atoms with Gasteiger partial charge in [-0.1, -0.05) is 6.07 Å². The molecule has 0 amide bonds. The molecule has 0 bridgehead atoms. The molecule has 0 radical (unpaired) electrons. The molecule has 1 fully saturated rings. The van der Waals surface area contributed by atoms with Crippen LogP contribution >= 0.6 is 12.4 Å². The zero-order valence-electron chi connectivity index (χ0n) is 11.1. The smallest absolute Gasteiger partial charge is 0.123 e. The Hall–Kier alpha value is -0.640. The van der Waals surface area contributed by atoms with Gasteiger partial charge in [-0.2, -0.15) is 0 Å². The molecule has 2 nitrogen and oxygen atoms in total. The Morgan fingerprint density at radius 3 is 2.61 bits per heavy atom. The predicted octanol–water partition coefficient (Wildman–Crippen LogP) is 2.74. The first kappa shape index (κ1) is 15.4. The van der Waals surface area contributed by atoms with Crippen LogP contribution in [0.2, 0.25) is 0 Å². The molecule has 102 valence electrons. The zero-order valence-corrected chi connectivity index (χ0v) is 11.9. The van der Waals surface area contributed by atoms with E-state index in [0.717, 1.165) is 25.2 Å². The summed E-state index contributed by atoms with van der Waals surface area (Å²) >= 11 is 0. The second-order valence-electron chi connectivity index (χ2n) is 4.97. The minimum atomic E-state index is -0.143. The van der Waals surface area contributed by atoms with Crippen LogP contribution in [0, 0.1) is 12.7 Å². The largest absolute Gasteiger partial charge is 0.317 e. The highest BCUT2D eigenvalue weighted by Gasteiger charge is 2.18. The molecule has 2 rings (SSSR count). The van der Waals surface area contributed by atoms with Gasteiger partial charge in [0.05, 0.1) is 0 Å². The quantitative estimate of drug-likeness (QED) is 0.910. The number of aryl methyl sites for hydroxylation is 1. The maximum Gasteiger partial charge on any atom is 0.123 e. The van der Waals surface area contributed by atoms with Crippen LogP contribution in [-0.2, 0) is 6.54 Å². The van der Waals surface area contributed by atoms with Gasteiger partial charge in [-0.15, -0.1) is 12.4 Å². The molecule has 0 aromatic heterocycles. The molecule has 0 unspecified atom stereocenters. The topological polar surface area (TPSA) is 15.3 Å². The summed E-state index contributed by atoms with van der Waals surface area (Å²) in [6, 6.07) is 5.73. The van der Waals surface area contributed by atoms with Crippen LogP contribution in [0.15, 0.2) is 18.2 Å². The van der Waals surface area contributed by atoms with Crippen molar-refractivity contribution in [1.29, 1.82) is 0 Å². The molecule has 0 atom stereocenters. The molecule has 0 aliphatic carbocycles. The maximum atomic E-state index is 13.0. The SMILES string of the molecule is Cc1cc(F)ccc1CN(C)C1CCNCC1.Cl. The highest BCUT2D eigenvalue weighted by Crippen LogP contribution is 2.16. The van der Waals surface area contributed by atoms with Gasteiger partial charge in [0.2, 0.25) is 0 Å². The van der Waals surface area contributed by atoms with Gasteiger partial charge in [0, 0.05) is 12.6 Å². The lowest BCUT2D eigenvalue weighted by Gasteiger charge is -2.32. The van der Waals surface area contributed by atoms with Gasteiger partial charge in [0.1, 0.15) is 5.82 Å². The summed E-state index contributed by atoms with van der Waals surface area (Å²) < 4.78 is 13.0. The van der Waals surface area contributed by atoms with Crippen LogP contribution in [0.4, 0.5) is 4.39 Å². The zero-order chi connectivity index (χ0) is 12.3. The number of rotatable bonds is 3. The molecule has 1 aromatic rings. The Bertz CT molecular complexity index is 378. The van der Waals surface area contributed by atoms with Crippen LogP contribution in [0.3, 0.4) is 0 Å². The fraction of sp³-hybridized carbons (Fsp3) is 0.571. The molecule has 4 heteroatoms. The van der Waals surface area contributed by atoms with E-state index in [0.29, 0.717) is 6.04 Å². The number of halogens is 2. The lowest BCUT2D eigenvalue weighted by molar-refractivity contribution is 0.191. The third kappa shape index (κ3) is 3.94. The Morgan fingerprint density at radius 1 is 1.33 bits per heavy atom. The molecule has 1 aliphatic heterocycles. The fourth-order valence-corrected chi connectivity index (χ4v) is 2.48. The van der Waals surface area contributed by atoms with E-state index in [1.54, 1.807) is 12.1 Å². The normalized spacial score (nSPS) is 16.7. The first-order valence-electron chi connectivity index (χ1n) is 6.33. The summed E-state index contributed by atoms with van der Waals surface area (Å²) in [7, 11) is 2.17. The highest BCUT2D eigenvalue weighted by molar-refractivity contribution is 5.85. The fourth-order valence-electron chi connectivity index (χ4n) is 2.48. The van der Waals surface area contributed by atoms with Gasteiger partial charge in [-0.25, -0.2) is 4.39 Å². The maximum absolute atomic E-state index is 13.0. The third-order valence-corrected chi connectivity index (χ3v) is 3.66. The summed E-state index contributed by atoms with van der Waals surface area (Å²) in [4.78, 5) is 2.39. The van der Waals surface area contributed by atoms with Gasteiger partial charge >= 0.3 is 0 Å². The molecular weight excluding hydrogens is 251 g/mol. The average Bonchev–Trinajstić information content (AvgIpc) is 2.34. The van der Waals surface area contributed by atoms with Crippen LogP contribution in [0.1, 0.15) is 24.0 Å². The van der Waals surface area contributed by atoms with E-state index >= 15 is 0 Å². The van der Waals surface area contributed by atoms with Crippen molar-refractivity contribution in [2.24, 2.45) is 0 Å². The van der Waals surface area contributed by atoms with Gasteiger partial charge in [0.25, 0.3) is 0 Å². The van der Waals surface area contributed by atoms with E-state index in [9.17, 15) is 4.39 Å². The van der Waals surface area contributed by atoms with Gasteiger partial charge in [-0.3, -0.25) is 4.90 Å². The minimum Gasteiger partial charge on any atom is -0.317 e. The molecule has 0 spiro atoms. The second kappa shape index (κ2) is 7.07. The van der Waals surface area contributed by atoms with Crippen molar-refractivity contribution in [3.8, 4) is 0 Å². The summed E-state index contributed by atoms with van der Waals surface area (Å²) in [5, 5.41) is 3.38. The average molecular weight is 273 g/mol. The van der Waals surface area contributed by atoms with Gasteiger partial charge in [0.15, 0.2) is 0 Å². The van der Waals surface area contributed by atoms with Crippen molar-refractivity contribution in [1.82, 2.24) is 10.2 Å². The number of benzene rings is 1. The van der Waals surface area contributed by atoms with Crippen LogP contribution in [0.5, 0.6) is 0 Å². The van der Waals surface area contributed by atoms with Crippen LogP contribution in [-0.4, -0.2) is 31.1 Å². The molecule has 1 heterocycles. The predicted molar refractivity (Wildman–Crippen MR) is 75.7 cm³/mol. The first-order chi connectivity index (χ1) is 8.16. The van der Waals surface area contributed by atoms with E-state index in [1.807, 2.05) is 13.0 Å². The van der Waals surface area contributed by atoms with Gasteiger partial charge in [-0.05, 0) is 63.2 Å². The van der Waals surface area contributed by atoms with E-state index in [2.05, 4.69) is 17.3 Å². The van der Waals surface area contributed by atoms with E-state index in [1.165, 1.54) is 18.4 Å². The Morgan fingerprint density at radius 2 is 2.00 bits per heavy atom. The molecule has 18 heavy (non-hydrogen) atoms. The Balaban J connectivity index is 0.00000162. The van der Waals surface area contributed by atoms with Gasteiger partial charge < -0.3 is 5.32 Å². The van der Waals surface area contributed by atoms with Crippen molar-refractivity contribution in [2.45, 2.75) is 32.4 Å². The Labute approximate surface area is 115 Å². The molecule has 0 saturated carbocycles. The number of nitrogens with one attached hydrogen (secondary N) is 1. The summed E-state index contributed by atoms with van der Waals surface area (Å²) in [6.45, 7) is 5.11. The van der Waals surface area contributed by atoms with Crippen LogP contribution < -0.4 is 5.32 Å². The van der Waals surface area contributed by atoms with E-state index in [4.69, 9.17) is 0 Å². The summed E-state index contributed by atoms with van der Waals surface area (Å²) in [6.07, 6.45) is 2.41.